The van der Waals surface area contributed by atoms with Crippen molar-refractivity contribution in [3.05, 3.63) is 12.3 Å². The quantitative estimate of drug-likeness (QED) is 0.515. The third kappa shape index (κ3) is 3.33. The molecule has 7 heavy (non-hydrogen) atoms. The largest absolute Gasteiger partial charge is 0.405 e. The zero-order chi connectivity index (χ0) is 5.70. The Bertz CT molecular complexity index is 59.1. The van der Waals surface area contributed by atoms with Gasteiger partial charge in [0.2, 0.25) is 0 Å². The van der Waals surface area contributed by atoms with Crippen LogP contribution in [0.1, 0.15) is 6.92 Å². The second kappa shape index (κ2) is 3.68. The molecule has 0 amide bonds. The first-order chi connectivity index (χ1) is 3.31. The van der Waals surface area contributed by atoms with Crippen molar-refractivity contribution < 1.29 is 0 Å². The summed E-state index contributed by atoms with van der Waals surface area (Å²) in [4.78, 5) is 0. The summed E-state index contributed by atoms with van der Waals surface area (Å²) in [5, 5.41) is 3.00. The van der Waals surface area contributed by atoms with Crippen LogP contribution in [0.25, 0.3) is 0 Å². The van der Waals surface area contributed by atoms with Crippen molar-refractivity contribution in [3.63, 3.8) is 0 Å². The van der Waals surface area contributed by atoms with E-state index < -0.39 is 0 Å². The summed E-state index contributed by atoms with van der Waals surface area (Å²) in [6.07, 6.45) is 3.43. The van der Waals surface area contributed by atoms with E-state index in [-0.39, 0.29) is 0 Å². The van der Waals surface area contributed by atoms with Crippen molar-refractivity contribution >= 4 is 0 Å². The van der Waals surface area contributed by atoms with E-state index in [0.29, 0.717) is 6.04 Å². The maximum Gasteiger partial charge on any atom is 0.0235 e. The monoisotopic (exact) mass is 100 g/mol. The van der Waals surface area contributed by atoms with Crippen LogP contribution in [0, 0.1) is 0 Å². The summed E-state index contributed by atoms with van der Waals surface area (Å²) in [6, 6.07) is 0.394. The molecule has 0 rings (SSSR count). The van der Waals surface area contributed by atoms with Gasteiger partial charge in [-0.2, -0.15) is 0 Å². The first-order valence-corrected chi connectivity index (χ1v) is 2.37. The highest BCUT2D eigenvalue weighted by atomic mass is 14.8. The van der Waals surface area contributed by atoms with Crippen LogP contribution < -0.4 is 11.1 Å². The van der Waals surface area contributed by atoms with Gasteiger partial charge in [-0.3, -0.25) is 0 Å². The fourth-order valence-corrected chi connectivity index (χ4v) is 0.263. The number of nitrogens with one attached hydrogen (secondary N) is 1. The lowest BCUT2D eigenvalue weighted by molar-refractivity contribution is 0.728. The minimum absolute atomic E-state index is 0.394. The molecule has 0 saturated heterocycles. The van der Waals surface area contributed by atoms with Crippen LogP contribution >= 0.6 is 0 Å². The zero-order valence-corrected chi connectivity index (χ0v) is 4.81. The van der Waals surface area contributed by atoms with Crippen LogP contribution in [-0.4, -0.2) is 13.1 Å². The molecular formula is C5H12N2. The van der Waals surface area contributed by atoms with E-state index in [4.69, 9.17) is 5.73 Å². The Balaban J connectivity index is 3.16. The second-order valence-corrected chi connectivity index (χ2v) is 1.46. The minimum atomic E-state index is 0.394. The predicted octanol–water partition coefficient (Wildman–Crippen LogP) is 0.0667. The van der Waals surface area contributed by atoms with Crippen molar-refractivity contribution in [3.8, 4) is 0 Å². The molecule has 0 radical (unpaired) electrons. The molecule has 0 aliphatic rings. The van der Waals surface area contributed by atoms with E-state index in [1.807, 2.05) is 20.0 Å². The van der Waals surface area contributed by atoms with Crippen molar-refractivity contribution in [2.24, 2.45) is 5.73 Å². The highest BCUT2D eigenvalue weighted by Gasteiger charge is 1.84. The Labute approximate surface area is 44.4 Å². The molecular weight excluding hydrogens is 88.1 g/mol. The van der Waals surface area contributed by atoms with Crippen LogP contribution in [0.15, 0.2) is 12.3 Å². The molecule has 2 nitrogen and oxygen atoms in total. The summed E-state index contributed by atoms with van der Waals surface area (Å²) >= 11 is 0. The van der Waals surface area contributed by atoms with Gasteiger partial charge >= 0.3 is 0 Å². The second-order valence-electron chi connectivity index (χ2n) is 1.46. The van der Waals surface area contributed by atoms with E-state index in [9.17, 15) is 0 Å². The molecule has 0 unspecified atom stereocenters. The van der Waals surface area contributed by atoms with Gasteiger partial charge in [-0.15, -0.1) is 0 Å². The average Bonchev–Trinajstić information content (AvgIpc) is 1.68. The Morgan fingerprint density at radius 1 is 1.71 bits per heavy atom. The molecule has 3 N–H and O–H groups in total. The lowest BCUT2D eigenvalue weighted by atomic mass is 10.3. The first kappa shape index (κ1) is 6.50. The maximum atomic E-state index is 5.08. The van der Waals surface area contributed by atoms with E-state index in [1.54, 1.807) is 6.20 Å². The van der Waals surface area contributed by atoms with Crippen LogP contribution in [0.5, 0.6) is 0 Å². The van der Waals surface area contributed by atoms with Gasteiger partial charge < -0.3 is 11.1 Å². The molecule has 0 fully saturated rings. The molecule has 0 saturated carbocycles. The van der Waals surface area contributed by atoms with Crippen LogP contribution in [0.2, 0.25) is 0 Å². The number of hydrogen-bond donors (Lipinski definition) is 2. The van der Waals surface area contributed by atoms with Crippen LogP contribution in [0.3, 0.4) is 0 Å². The molecule has 42 valence electrons. The van der Waals surface area contributed by atoms with Crippen molar-refractivity contribution in [1.82, 2.24) is 5.32 Å². The van der Waals surface area contributed by atoms with Crippen molar-refractivity contribution in [2.45, 2.75) is 13.0 Å². The van der Waals surface area contributed by atoms with Gasteiger partial charge in [0.25, 0.3) is 0 Å². The number of rotatable bonds is 2. The first-order valence-electron chi connectivity index (χ1n) is 2.37. The standard InChI is InChI=1S/C5H12N2/c1-5(7-2)3-4-6/h3-5,7H,6H2,1-2H3/b4-3-/t5-/m1/s1. The molecule has 0 bridgehead atoms. The Morgan fingerprint density at radius 2 is 2.29 bits per heavy atom. The minimum Gasteiger partial charge on any atom is -0.405 e. The van der Waals surface area contributed by atoms with Gasteiger partial charge in [-0.05, 0) is 20.2 Å². The topological polar surface area (TPSA) is 38.0 Å². The highest BCUT2D eigenvalue weighted by Crippen LogP contribution is 1.76. The molecule has 0 spiro atoms. The lowest BCUT2D eigenvalue weighted by Crippen LogP contribution is -2.18. The SMILES string of the molecule is CN[C@H](C)/C=C\N. The molecule has 0 aromatic rings. The number of nitrogens with two attached hydrogens (primary N) is 1. The Morgan fingerprint density at radius 3 is 2.43 bits per heavy atom. The highest BCUT2D eigenvalue weighted by molar-refractivity contribution is 4.85. The molecule has 1 atom stereocenters. The molecule has 2 heteroatoms. The predicted molar refractivity (Wildman–Crippen MR) is 31.8 cm³/mol. The van der Waals surface area contributed by atoms with Crippen LogP contribution in [0.4, 0.5) is 0 Å². The summed E-state index contributed by atoms with van der Waals surface area (Å²) in [5.41, 5.74) is 5.08. The summed E-state index contributed by atoms with van der Waals surface area (Å²) in [7, 11) is 1.89. The summed E-state index contributed by atoms with van der Waals surface area (Å²) in [5.74, 6) is 0. The lowest BCUT2D eigenvalue weighted by Gasteiger charge is -1.99. The van der Waals surface area contributed by atoms with E-state index >= 15 is 0 Å². The van der Waals surface area contributed by atoms with Crippen LogP contribution in [-0.2, 0) is 0 Å². The van der Waals surface area contributed by atoms with Crippen molar-refractivity contribution in [1.29, 1.82) is 0 Å². The van der Waals surface area contributed by atoms with Gasteiger partial charge in [0.15, 0.2) is 0 Å². The summed E-state index contributed by atoms with van der Waals surface area (Å²) < 4.78 is 0. The smallest absolute Gasteiger partial charge is 0.0235 e. The maximum absolute atomic E-state index is 5.08. The number of hydrogen-bond acceptors (Lipinski definition) is 2. The van der Waals surface area contributed by atoms with E-state index in [2.05, 4.69) is 5.32 Å². The molecule has 0 aliphatic heterocycles. The molecule has 0 aromatic heterocycles. The van der Waals surface area contributed by atoms with E-state index in [0.717, 1.165) is 0 Å². The normalized spacial score (nSPS) is 15.1. The van der Waals surface area contributed by atoms with Gasteiger partial charge in [-0.25, -0.2) is 0 Å². The third-order valence-corrected chi connectivity index (χ3v) is 0.855. The molecule has 0 heterocycles. The molecule has 0 aromatic carbocycles. The third-order valence-electron chi connectivity index (χ3n) is 0.855. The average molecular weight is 100 g/mol. The zero-order valence-electron chi connectivity index (χ0n) is 4.81. The summed E-state index contributed by atoms with van der Waals surface area (Å²) in [6.45, 7) is 2.03. The fraction of sp³-hybridized carbons (Fsp3) is 0.600. The van der Waals surface area contributed by atoms with Gasteiger partial charge in [0.05, 0.1) is 0 Å². The van der Waals surface area contributed by atoms with Gasteiger partial charge in [-0.1, -0.05) is 6.08 Å². The molecule has 0 aliphatic carbocycles. The fourth-order valence-electron chi connectivity index (χ4n) is 0.263. The van der Waals surface area contributed by atoms with E-state index in [1.165, 1.54) is 0 Å². The van der Waals surface area contributed by atoms with Gasteiger partial charge in [0.1, 0.15) is 0 Å². The van der Waals surface area contributed by atoms with Crippen molar-refractivity contribution in [2.75, 3.05) is 7.05 Å². The number of likely N-dealkylation sites (N-methyl/N-ethyl adjacent to an activating group) is 1. The van der Waals surface area contributed by atoms with Gasteiger partial charge in [0, 0.05) is 6.04 Å². The Kier molecular flexibility index (Phi) is 3.42. The Hall–Kier alpha value is -0.500.